The Balaban J connectivity index is 1.91. The van der Waals surface area contributed by atoms with E-state index in [-0.39, 0.29) is 11.9 Å². The molecule has 5 nitrogen and oxygen atoms in total. The molecule has 2 rings (SSSR count). The average molecular weight is 263 g/mol. The Morgan fingerprint density at radius 2 is 2.11 bits per heavy atom. The number of nitrogens with zero attached hydrogens (tertiary/aromatic N) is 2. The zero-order valence-corrected chi connectivity index (χ0v) is 11.6. The van der Waals surface area contributed by atoms with E-state index in [4.69, 9.17) is 4.74 Å². The average Bonchev–Trinajstić information content (AvgIpc) is 2.48. The molecular weight excluding hydrogens is 242 g/mol. The van der Waals surface area contributed by atoms with Crippen molar-refractivity contribution >= 4 is 11.6 Å². The van der Waals surface area contributed by atoms with Crippen molar-refractivity contribution in [3.63, 3.8) is 0 Å². The smallest absolute Gasteiger partial charge is 0.244 e. The van der Waals surface area contributed by atoms with E-state index in [1.165, 1.54) is 6.42 Å². The van der Waals surface area contributed by atoms with Gasteiger partial charge in [-0.15, -0.1) is 0 Å². The number of nitrogens with one attached hydrogen (secondary N) is 1. The molecule has 0 radical (unpaired) electrons. The van der Waals surface area contributed by atoms with Crippen LogP contribution in [0.15, 0.2) is 18.3 Å². The lowest BCUT2D eigenvalue weighted by molar-refractivity contribution is -0.132. The molecule has 1 aliphatic heterocycles. The Morgan fingerprint density at radius 1 is 1.37 bits per heavy atom. The molecule has 1 aromatic heterocycles. The molecule has 2 heterocycles. The summed E-state index contributed by atoms with van der Waals surface area (Å²) in [6.45, 7) is 3.65. The Bertz CT molecular complexity index is 413. The van der Waals surface area contributed by atoms with E-state index >= 15 is 0 Å². The first-order valence-corrected chi connectivity index (χ1v) is 6.76. The number of rotatable bonds is 4. The van der Waals surface area contributed by atoms with Crippen LogP contribution in [-0.2, 0) is 4.79 Å². The lowest BCUT2D eigenvalue weighted by Crippen LogP contribution is -2.43. The number of pyridine rings is 1. The van der Waals surface area contributed by atoms with Crippen LogP contribution in [0.4, 0.5) is 5.69 Å². The fourth-order valence-electron chi connectivity index (χ4n) is 2.29. The van der Waals surface area contributed by atoms with E-state index in [0.29, 0.717) is 5.88 Å². The maximum atomic E-state index is 12.2. The Kier molecular flexibility index (Phi) is 4.60. The van der Waals surface area contributed by atoms with Crippen molar-refractivity contribution < 1.29 is 9.53 Å². The van der Waals surface area contributed by atoms with Gasteiger partial charge in [-0.3, -0.25) is 4.79 Å². The molecule has 0 aliphatic carbocycles. The molecule has 104 valence electrons. The monoisotopic (exact) mass is 263 g/mol. The van der Waals surface area contributed by atoms with Gasteiger partial charge < -0.3 is 15.0 Å². The van der Waals surface area contributed by atoms with Crippen LogP contribution in [-0.4, -0.2) is 42.0 Å². The van der Waals surface area contributed by atoms with Crippen LogP contribution in [0.5, 0.6) is 5.88 Å². The Hall–Kier alpha value is -1.78. The van der Waals surface area contributed by atoms with Gasteiger partial charge in [-0.25, -0.2) is 4.98 Å². The van der Waals surface area contributed by atoms with Gasteiger partial charge in [0.25, 0.3) is 0 Å². The zero-order chi connectivity index (χ0) is 13.7. The largest absolute Gasteiger partial charge is 0.481 e. The Morgan fingerprint density at radius 3 is 2.68 bits per heavy atom. The number of amides is 1. The molecule has 1 aromatic rings. The zero-order valence-electron chi connectivity index (χ0n) is 11.6. The molecular formula is C14H21N3O2. The number of carbonyl (C=O) groups is 1. The van der Waals surface area contributed by atoms with E-state index in [9.17, 15) is 4.79 Å². The summed E-state index contributed by atoms with van der Waals surface area (Å²) in [5.41, 5.74) is 0.832. The number of carbonyl (C=O) groups excluding carboxylic acids is 1. The maximum absolute atomic E-state index is 12.2. The van der Waals surface area contributed by atoms with Crippen LogP contribution in [0.1, 0.15) is 26.2 Å². The topological polar surface area (TPSA) is 54.5 Å². The number of ether oxygens (including phenoxy) is 1. The van der Waals surface area contributed by atoms with Crippen LogP contribution in [0, 0.1) is 0 Å². The van der Waals surface area contributed by atoms with Gasteiger partial charge in [0.1, 0.15) is 6.04 Å². The van der Waals surface area contributed by atoms with Crippen LogP contribution in [0.3, 0.4) is 0 Å². The number of anilines is 1. The van der Waals surface area contributed by atoms with Gasteiger partial charge >= 0.3 is 0 Å². The number of likely N-dealkylation sites (tertiary alicyclic amines) is 1. The Labute approximate surface area is 114 Å². The first-order chi connectivity index (χ1) is 9.20. The fourth-order valence-corrected chi connectivity index (χ4v) is 2.29. The second-order valence-corrected chi connectivity index (χ2v) is 4.84. The third kappa shape index (κ3) is 3.59. The second-order valence-electron chi connectivity index (χ2n) is 4.84. The van der Waals surface area contributed by atoms with Gasteiger partial charge in [0.05, 0.1) is 19.0 Å². The van der Waals surface area contributed by atoms with E-state index in [2.05, 4.69) is 10.3 Å². The van der Waals surface area contributed by atoms with Gasteiger partial charge in [0.15, 0.2) is 0 Å². The van der Waals surface area contributed by atoms with Crippen LogP contribution < -0.4 is 10.1 Å². The fraction of sp³-hybridized carbons (Fsp3) is 0.571. The summed E-state index contributed by atoms with van der Waals surface area (Å²) in [5.74, 6) is 0.732. The third-order valence-electron chi connectivity index (χ3n) is 3.37. The summed E-state index contributed by atoms with van der Waals surface area (Å²) in [4.78, 5) is 18.3. The van der Waals surface area contributed by atoms with E-state index in [1.807, 2.05) is 17.9 Å². The molecule has 1 atom stereocenters. The molecule has 0 saturated carbocycles. The second kappa shape index (κ2) is 6.41. The number of methoxy groups -OCH3 is 1. The molecule has 19 heavy (non-hydrogen) atoms. The number of piperidine rings is 1. The van der Waals surface area contributed by atoms with Crippen molar-refractivity contribution in [1.82, 2.24) is 9.88 Å². The molecule has 0 spiro atoms. The van der Waals surface area contributed by atoms with Crippen molar-refractivity contribution in [3.05, 3.63) is 18.3 Å². The van der Waals surface area contributed by atoms with Gasteiger partial charge in [-0.05, 0) is 32.3 Å². The normalized spacial score (nSPS) is 16.8. The lowest BCUT2D eigenvalue weighted by Gasteiger charge is -2.29. The van der Waals surface area contributed by atoms with Gasteiger partial charge in [-0.1, -0.05) is 0 Å². The molecule has 1 aliphatic rings. The van der Waals surface area contributed by atoms with Crippen LogP contribution in [0.25, 0.3) is 0 Å². The molecule has 1 amide bonds. The number of hydrogen-bond acceptors (Lipinski definition) is 4. The molecule has 0 aromatic carbocycles. The van der Waals surface area contributed by atoms with Crippen molar-refractivity contribution in [2.75, 3.05) is 25.5 Å². The van der Waals surface area contributed by atoms with Crippen LogP contribution in [0.2, 0.25) is 0 Å². The summed E-state index contributed by atoms with van der Waals surface area (Å²) >= 11 is 0. The van der Waals surface area contributed by atoms with Crippen molar-refractivity contribution in [2.24, 2.45) is 0 Å². The van der Waals surface area contributed by atoms with Crippen molar-refractivity contribution in [3.8, 4) is 5.88 Å². The number of hydrogen-bond donors (Lipinski definition) is 1. The highest BCUT2D eigenvalue weighted by Crippen LogP contribution is 2.14. The molecule has 1 fully saturated rings. The molecule has 1 saturated heterocycles. The highest BCUT2D eigenvalue weighted by atomic mass is 16.5. The first-order valence-electron chi connectivity index (χ1n) is 6.76. The standard InChI is InChI=1S/C14H21N3O2/c1-11(14(18)17-8-4-3-5-9-17)16-12-6-7-13(19-2)15-10-12/h6-7,10-11,16H,3-5,8-9H2,1-2H3. The van der Waals surface area contributed by atoms with Gasteiger partial charge in [0, 0.05) is 19.2 Å². The lowest BCUT2D eigenvalue weighted by atomic mass is 10.1. The van der Waals surface area contributed by atoms with Gasteiger partial charge in [0.2, 0.25) is 11.8 Å². The molecule has 0 bridgehead atoms. The SMILES string of the molecule is COc1ccc(NC(C)C(=O)N2CCCCC2)cn1. The quantitative estimate of drug-likeness (QED) is 0.901. The van der Waals surface area contributed by atoms with Gasteiger partial charge in [-0.2, -0.15) is 0 Å². The predicted molar refractivity (Wildman–Crippen MR) is 74.3 cm³/mol. The molecule has 1 unspecified atom stereocenters. The highest BCUT2D eigenvalue weighted by molar-refractivity contribution is 5.84. The minimum atomic E-state index is -0.228. The summed E-state index contributed by atoms with van der Waals surface area (Å²) < 4.78 is 5.00. The summed E-state index contributed by atoms with van der Waals surface area (Å²) in [5, 5.41) is 3.18. The first kappa shape index (κ1) is 13.6. The summed E-state index contributed by atoms with van der Waals surface area (Å²) in [6, 6.07) is 3.42. The summed E-state index contributed by atoms with van der Waals surface area (Å²) in [7, 11) is 1.58. The van der Waals surface area contributed by atoms with E-state index in [0.717, 1.165) is 31.6 Å². The summed E-state index contributed by atoms with van der Waals surface area (Å²) in [6.07, 6.45) is 5.14. The minimum absolute atomic E-state index is 0.163. The van der Waals surface area contributed by atoms with E-state index in [1.54, 1.807) is 19.4 Å². The maximum Gasteiger partial charge on any atom is 0.244 e. The van der Waals surface area contributed by atoms with E-state index < -0.39 is 0 Å². The number of aromatic nitrogens is 1. The van der Waals surface area contributed by atoms with Crippen LogP contribution >= 0.6 is 0 Å². The molecule has 1 N–H and O–H groups in total. The molecule has 5 heteroatoms. The minimum Gasteiger partial charge on any atom is -0.481 e. The predicted octanol–water partition coefficient (Wildman–Crippen LogP) is 1.90. The van der Waals surface area contributed by atoms with Crippen molar-refractivity contribution in [1.29, 1.82) is 0 Å². The van der Waals surface area contributed by atoms with Crippen molar-refractivity contribution in [2.45, 2.75) is 32.2 Å². The highest BCUT2D eigenvalue weighted by Gasteiger charge is 2.21. The third-order valence-corrected chi connectivity index (χ3v) is 3.37.